The molecule has 0 aromatic heterocycles. The minimum absolute atomic E-state index is 0.211. The third kappa shape index (κ3) is 4.22. The molecule has 0 fully saturated rings. The average molecular weight is 308 g/mol. The number of nitrogens with two attached hydrogens (primary N) is 1. The monoisotopic (exact) mass is 308 g/mol. The second-order valence-electron chi connectivity index (χ2n) is 4.93. The molecule has 2 aromatic rings. The van der Waals surface area contributed by atoms with Crippen LogP contribution in [0.5, 0.6) is 0 Å². The van der Waals surface area contributed by atoms with Gasteiger partial charge in [0.1, 0.15) is 17.6 Å². The van der Waals surface area contributed by atoms with E-state index in [2.05, 4.69) is 0 Å². The van der Waals surface area contributed by atoms with Gasteiger partial charge in [0.15, 0.2) is 0 Å². The first-order valence-corrected chi connectivity index (χ1v) is 8.16. The van der Waals surface area contributed by atoms with Crippen LogP contribution in [0.3, 0.4) is 0 Å². The summed E-state index contributed by atoms with van der Waals surface area (Å²) in [6.45, 7) is 1.82. The number of benzene rings is 2. The van der Waals surface area contributed by atoms with Gasteiger partial charge in [-0.15, -0.1) is 0 Å². The van der Waals surface area contributed by atoms with Crippen LogP contribution in [0, 0.1) is 5.82 Å². The standard InChI is InChI=1S/C15H17FNO3P/c1-11(12-5-3-2-4-6-12)17-15(21(18,19)20)13-7-9-14(16)10-8-13/h2-11,15,17H,1H3,(H2,18,19,20)/p-1/t11-,15-/m1/s1. The van der Waals surface area contributed by atoms with Crippen LogP contribution in [0.1, 0.15) is 29.9 Å². The summed E-state index contributed by atoms with van der Waals surface area (Å²) in [5.74, 6) is -1.74. The Balaban J connectivity index is 2.26. The molecule has 0 saturated heterocycles. The number of rotatable bonds is 5. The van der Waals surface area contributed by atoms with Crippen molar-refractivity contribution < 1.29 is 24.1 Å². The molecule has 0 spiro atoms. The second kappa shape index (κ2) is 6.50. The Morgan fingerprint density at radius 1 is 1.00 bits per heavy atom. The Labute approximate surface area is 122 Å². The first kappa shape index (κ1) is 15.9. The minimum Gasteiger partial charge on any atom is -0.806 e. The van der Waals surface area contributed by atoms with Gasteiger partial charge in [0.05, 0.1) is 0 Å². The van der Waals surface area contributed by atoms with Gasteiger partial charge < -0.3 is 19.7 Å². The summed E-state index contributed by atoms with van der Waals surface area (Å²) in [6, 6.07) is 14.0. The summed E-state index contributed by atoms with van der Waals surface area (Å²) in [7, 11) is -4.87. The zero-order valence-corrected chi connectivity index (χ0v) is 12.4. The van der Waals surface area contributed by atoms with Gasteiger partial charge in [0.2, 0.25) is 0 Å². The largest absolute Gasteiger partial charge is 0.806 e. The molecule has 0 aliphatic heterocycles. The molecule has 0 aliphatic carbocycles. The molecule has 2 rings (SSSR count). The summed E-state index contributed by atoms with van der Waals surface area (Å²) in [5, 5.41) is 1.49. The fourth-order valence-electron chi connectivity index (χ4n) is 2.20. The van der Waals surface area contributed by atoms with Crippen LogP contribution >= 0.6 is 7.60 Å². The van der Waals surface area contributed by atoms with Gasteiger partial charge in [-0.2, -0.15) is 0 Å². The van der Waals surface area contributed by atoms with E-state index < -0.39 is 19.2 Å². The normalized spacial score (nSPS) is 14.7. The lowest BCUT2D eigenvalue weighted by molar-refractivity contribution is -0.720. The Morgan fingerprint density at radius 3 is 2.10 bits per heavy atom. The van der Waals surface area contributed by atoms with Crippen molar-refractivity contribution in [2.75, 3.05) is 0 Å². The van der Waals surface area contributed by atoms with E-state index in [1.54, 1.807) is 0 Å². The molecule has 112 valence electrons. The highest BCUT2D eigenvalue weighted by Gasteiger charge is 2.22. The second-order valence-corrected chi connectivity index (χ2v) is 6.56. The van der Waals surface area contributed by atoms with Crippen LogP contribution in [-0.4, -0.2) is 0 Å². The maximum atomic E-state index is 12.9. The highest BCUT2D eigenvalue weighted by Crippen LogP contribution is 2.39. The summed E-state index contributed by atoms with van der Waals surface area (Å²) in [4.78, 5) is 23.1. The molecule has 2 N–H and O–H groups in total. The minimum atomic E-state index is -4.87. The van der Waals surface area contributed by atoms with Crippen LogP contribution in [0.2, 0.25) is 0 Å². The molecule has 4 nitrogen and oxygen atoms in total. The summed E-state index contributed by atoms with van der Waals surface area (Å²) < 4.78 is 24.5. The molecule has 6 heteroatoms. The lowest BCUT2D eigenvalue weighted by Crippen LogP contribution is -2.86. The van der Waals surface area contributed by atoms with Crippen molar-refractivity contribution in [2.24, 2.45) is 0 Å². The number of hydrogen-bond acceptors (Lipinski definition) is 3. The van der Waals surface area contributed by atoms with Crippen molar-refractivity contribution in [1.29, 1.82) is 0 Å². The van der Waals surface area contributed by atoms with Crippen molar-refractivity contribution in [2.45, 2.75) is 18.7 Å². The van der Waals surface area contributed by atoms with E-state index in [1.807, 2.05) is 37.3 Å². The van der Waals surface area contributed by atoms with E-state index in [4.69, 9.17) is 0 Å². The molecule has 0 saturated carbocycles. The van der Waals surface area contributed by atoms with Crippen molar-refractivity contribution in [3.05, 3.63) is 71.5 Å². The maximum Gasteiger partial charge on any atom is 0.137 e. The summed E-state index contributed by atoms with van der Waals surface area (Å²) >= 11 is 0. The summed E-state index contributed by atoms with van der Waals surface area (Å²) in [5.41, 5.74) is 1.20. The molecule has 0 radical (unpaired) electrons. The van der Waals surface area contributed by atoms with Crippen LogP contribution in [0.15, 0.2) is 54.6 Å². The Hall–Kier alpha value is -1.52. The lowest BCUT2D eigenvalue weighted by atomic mass is 10.1. The van der Waals surface area contributed by atoms with E-state index >= 15 is 0 Å². The van der Waals surface area contributed by atoms with Crippen molar-refractivity contribution >= 4 is 7.60 Å². The molecule has 0 unspecified atom stereocenters. The molecule has 21 heavy (non-hydrogen) atoms. The van der Waals surface area contributed by atoms with Crippen LogP contribution in [-0.2, 0) is 4.57 Å². The SMILES string of the molecule is C[C@@H]([NH2+][C@@H](c1ccc(F)cc1)P(=O)([O-])[O-])c1ccccc1. The molecular formula is C15H16FNO3P-. The summed E-state index contributed by atoms with van der Waals surface area (Å²) in [6.07, 6.45) is 0. The predicted octanol–water partition coefficient (Wildman–Crippen LogP) is 1.06. The maximum absolute atomic E-state index is 12.9. The van der Waals surface area contributed by atoms with E-state index in [9.17, 15) is 18.7 Å². The van der Waals surface area contributed by atoms with Crippen molar-refractivity contribution in [3.63, 3.8) is 0 Å². The van der Waals surface area contributed by atoms with Gasteiger partial charge in [-0.3, -0.25) is 0 Å². The molecule has 0 aliphatic rings. The van der Waals surface area contributed by atoms with Gasteiger partial charge >= 0.3 is 0 Å². The topological polar surface area (TPSA) is 79.8 Å². The third-order valence-electron chi connectivity index (χ3n) is 3.35. The van der Waals surface area contributed by atoms with Gasteiger partial charge in [0.25, 0.3) is 0 Å². The molecule has 2 atom stereocenters. The zero-order valence-electron chi connectivity index (χ0n) is 11.5. The van der Waals surface area contributed by atoms with E-state index in [0.717, 1.165) is 17.7 Å². The smallest absolute Gasteiger partial charge is 0.137 e. The Morgan fingerprint density at radius 2 is 1.57 bits per heavy atom. The Bertz CT molecular complexity index is 627. The van der Waals surface area contributed by atoms with Crippen LogP contribution in [0.25, 0.3) is 0 Å². The first-order chi connectivity index (χ1) is 9.88. The Kier molecular flexibility index (Phi) is 4.91. The van der Waals surface area contributed by atoms with Crippen LogP contribution < -0.4 is 15.1 Å². The quantitative estimate of drug-likeness (QED) is 0.839. The molecular weight excluding hydrogens is 292 g/mol. The molecule has 0 bridgehead atoms. The van der Waals surface area contributed by atoms with E-state index in [0.29, 0.717) is 0 Å². The zero-order chi connectivity index (χ0) is 15.5. The fourth-order valence-corrected chi connectivity index (χ4v) is 3.21. The fraction of sp³-hybridized carbons (Fsp3) is 0.200. The molecule has 0 amide bonds. The number of hydrogen-bond donors (Lipinski definition) is 1. The van der Waals surface area contributed by atoms with Gasteiger partial charge in [-0.25, -0.2) is 4.39 Å². The van der Waals surface area contributed by atoms with Gasteiger partial charge in [-0.05, 0) is 38.8 Å². The molecule has 2 aromatic carbocycles. The van der Waals surface area contributed by atoms with E-state index in [1.165, 1.54) is 17.4 Å². The van der Waals surface area contributed by atoms with E-state index in [-0.39, 0.29) is 11.6 Å². The third-order valence-corrected chi connectivity index (χ3v) is 4.50. The van der Waals surface area contributed by atoms with Crippen molar-refractivity contribution in [3.8, 4) is 0 Å². The number of halogens is 1. The lowest BCUT2D eigenvalue weighted by Gasteiger charge is -2.37. The van der Waals surface area contributed by atoms with Gasteiger partial charge in [-0.1, -0.05) is 30.3 Å². The highest BCUT2D eigenvalue weighted by atomic mass is 31.2. The van der Waals surface area contributed by atoms with Crippen molar-refractivity contribution in [1.82, 2.24) is 0 Å². The molecule has 0 heterocycles. The average Bonchev–Trinajstić information content (AvgIpc) is 2.45. The van der Waals surface area contributed by atoms with Gasteiger partial charge in [0, 0.05) is 11.1 Å². The first-order valence-electron chi connectivity index (χ1n) is 6.55. The van der Waals surface area contributed by atoms with Crippen LogP contribution in [0.4, 0.5) is 4.39 Å². The predicted molar refractivity (Wildman–Crippen MR) is 73.5 cm³/mol. The number of quaternary nitrogens is 1. The highest BCUT2D eigenvalue weighted by molar-refractivity contribution is 7.48.